The van der Waals surface area contributed by atoms with Crippen molar-refractivity contribution in [1.29, 1.82) is 5.26 Å². The first-order chi connectivity index (χ1) is 18.0. The average Bonchev–Trinajstić information content (AvgIpc) is 2.89. The Morgan fingerprint density at radius 3 is 1.55 bits per heavy atom. The van der Waals surface area contributed by atoms with Gasteiger partial charge in [-0.05, 0) is 38.6 Å². The van der Waals surface area contributed by atoms with Crippen molar-refractivity contribution in [2.75, 3.05) is 0 Å². The smallest absolute Gasteiger partial charge is 0.263 e. The normalized spacial score (nSPS) is 11.5. The number of nitrogens with zero attached hydrogens (tertiary/aromatic N) is 1. The van der Waals surface area contributed by atoms with Gasteiger partial charge in [0.05, 0.1) is 4.24 Å². The summed E-state index contributed by atoms with van der Waals surface area (Å²) in [6.07, 6.45) is 0. The Hall–Kier alpha value is -2.94. The lowest BCUT2D eigenvalue weighted by atomic mass is 9.87. The summed E-state index contributed by atoms with van der Waals surface area (Å²) in [7, 11) is 0. The van der Waals surface area contributed by atoms with Gasteiger partial charge in [-0.25, -0.2) is 0 Å². The minimum absolute atomic E-state index is 0.0972. The van der Waals surface area contributed by atoms with Crippen LogP contribution in [0, 0.1) is 11.3 Å². The van der Waals surface area contributed by atoms with Crippen molar-refractivity contribution in [3.05, 3.63) is 116 Å². The zero-order valence-electron chi connectivity index (χ0n) is 23.3. The third-order valence-electron chi connectivity index (χ3n) is 6.22. The summed E-state index contributed by atoms with van der Waals surface area (Å²) in [5.74, 6) is 1.04. The maximum absolute atomic E-state index is 13.1. The molecule has 0 saturated carbocycles. The van der Waals surface area contributed by atoms with Crippen LogP contribution in [-0.2, 0) is 33.7 Å². The highest BCUT2D eigenvalue weighted by atomic mass is 32.2. The Balaban J connectivity index is 1.79. The highest BCUT2D eigenvalue weighted by Crippen LogP contribution is 2.37. The molecule has 0 radical (unpaired) electrons. The van der Waals surface area contributed by atoms with Crippen LogP contribution in [0.25, 0.3) is 0 Å². The average molecular weight is 543 g/mol. The molecular formula is C33H38N2OS2. The number of rotatable bonds is 9. The van der Waals surface area contributed by atoms with Gasteiger partial charge in [-0.1, -0.05) is 120 Å². The van der Waals surface area contributed by atoms with Crippen LogP contribution in [0.4, 0.5) is 0 Å². The van der Waals surface area contributed by atoms with E-state index >= 15 is 0 Å². The number of carbonyl (C=O) groups excluding carboxylic acids is 1. The maximum atomic E-state index is 13.1. The summed E-state index contributed by atoms with van der Waals surface area (Å²) in [6, 6.07) is 29.2. The van der Waals surface area contributed by atoms with Gasteiger partial charge in [0.25, 0.3) is 5.91 Å². The number of benzene rings is 3. The largest absolute Gasteiger partial charge is 0.347 e. The molecule has 0 saturated heterocycles. The highest BCUT2D eigenvalue weighted by molar-refractivity contribution is 8.21. The van der Waals surface area contributed by atoms with E-state index in [0.717, 1.165) is 20.9 Å². The number of nitrogens with one attached hydrogen (secondary N) is 1. The second-order valence-corrected chi connectivity index (χ2v) is 13.6. The zero-order chi connectivity index (χ0) is 27.8. The predicted molar refractivity (Wildman–Crippen MR) is 164 cm³/mol. The van der Waals surface area contributed by atoms with Gasteiger partial charge in [0, 0.05) is 18.1 Å². The maximum Gasteiger partial charge on any atom is 0.263 e. The number of nitriles is 1. The number of carbonyl (C=O) groups is 1. The lowest BCUT2D eigenvalue weighted by molar-refractivity contribution is -0.117. The van der Waals surface area contributed by atoms with Gasteiger partial charge in [-0.15, -0.1) is 23.5 Å². The van der Waals surface area contributed by atoms with E-state index in [4.69, 9.17) is 0 Å². The molecule has 3 rings (SSSR count). The first-order valence-electron chi connectivity index (χ1n) is 12.9. The lowest BCUT2D eigenvalue weighted by Gasteiger charge is -2.19. The molecule has 0 aliphatic rings. The molecule has 3 nitrogen and oxygen atoms in total. The van der Waals surface area contributed by atoms with Crippen molar-refractivity contribution < 1.29 is 4.79 Å². The summed E-state index contributed by atoms with van der Waals surface area (Å²) >= 11 is 3.11. The molecule has 0 atom stereocenters. The van der Waals surface area contributed by atoms with Crippen molar-refractivity contribution >= 4 is 29.4 Å². The van der Waals surface area contributed by atoms with E-state index in [1.54, 1.807) is 23.5 Å². The van der Waals surface area contributed by atoms with Gasteiger partial charge in [0.2, 0.25) is 0 Å². The molecule has 0 fully saturated rings. The molecule has 0 spiro atoms. The van der Waals surface area contributed by atoms with Gasteiger partial charge in [-0.3, -0.25) is 4.79 Å². The molecular weight excluding hydrogens is 505 g/mol. The van der Waals surface area contributed by atoms with Crippen LogP contribution in [0.3, 0.4) is 0 Å². The molecule has 3 aromatic carbocycles. The van der Waals surface area contributed by atoms with Gasteiger partial charge < -0.3 is 5.32 Å². The molecule has 0 unspecified atom stereocenters. The van der Waals surface area contributed by atoms with E-state index in [9.17, 15) is 10.1 Å². The van der Waals surface area contributed by atoms with E-state index in [0.29, 0.717) is 18.1 Å². The van der Waals surface area contributed by atoms with Crippen molar-refractivity contribution in [3.8, 4) is 6.07 Å². The third-order valence-corrected chi connectivity index (χ3v) is 8.81. The van der Waals surface area contributed by atoms with Crippen LogP contribution in [0.15, 0.2) is 88.7 Å². The molecule has 3 aromatic rings. The Morgan fingerprint density at radius 2 is 1.16 bits per heavy atom. The van der Waals surface area contributed by atoms with Crippen LogP contribution in [0.2, 0.25) is 0 Å². The van der Waals surface area contributed by atoms with E-state index in [2.05, 4.69) is 101 Å². The second-order valence-electron chi connectivity index (χ2n) is 11.4. The molecule has 0 aliphatic carbocycles. The van der Waals surface area contributed by atoms with E-state index in [1.165, 1.54) is 11.1 Å². The Labute approximate surface area is 237 Å². The summed E-state index contributed by atoms with van der Waals surface area (Å²) in [6.45, 7) is 13.6. The topological polar surface area (TPSA) is 52.9 Å². The summed E-state index contributed by atoms with van der Waals surface area (Å²) in [4.78, 5) is 13.1. The second kappa shape index (κ2) is 13.2. The van der Waals surface area contributed by atoms with Crippen LogP contribution < -0.4 is 5.32 Å². The molecule has 1 N–H and O–H groups in total. The monoisotopic (exact) mass is 542 g/mol. The van der Waals surface area contributed by atoms with Crippen LogP contribution >= 0.6 is 23.5 Å². The Kier molecular flexibility index (Phi) is 10.3. The van der Waals surface area contributed by atoms with Crippen molar-refractivity contribution in [3.63, 3.8) is 0 Å². The fourth-order valence-corrected chi connectivity index (χ4v) is 5.97. The molecule has 0 aromatic heterocycles. The quantitative estimate of drug-likeness (QED) is 0.218. The Morgan fingerprint density at radius 1 is 0.711 bits per heavy atom. The number of thioether (sulfide) groups is 2. The van der Waals surface area contributed by atoms with E-state index in [-0.39, 0.29) is 22.3 Å². The van der Waals surface area contributed by atoms with Gasteiger partial charge in [0.1, 0.15) is 11.6 Å². The summed E-state index contributed by atoms with van der Waals surface area (Å²) in [5.41, 5.74) is 6.27. The molecule has 0 aliphatic heterocycles. The minimum atomic E-state index is -0.336. The van der Waals surface area contributed by atoms with Gasteiger partial charge >= 0.3 is 0 Å². The van der Waals surface area contributed by atoms with Crippen LogP contribution in [0.1, 0.15) is 69.4 Å². The molecule has 38 heavy (non-hydrogen) atoms. The predicted octanol–water partition coefficient (Wildman–Crippen LogP) is 8.50. The molecule has 0 heterocycles. The third kappa shape index (κ3) is 8.82. The first kappa shape index (κ1) is 29.6. The fraction of sp³-hybridized carbons (Fsp3) is 0.333. The lowest BCUT2D eigenvalue weighted by Crippen LogP contribution is -2.24. The van der Waals surface area contributed by atoms with Crippen molar-refractivity contribution in [2.24, 2.45) is 0 Å². The zero-order valence-corrected chi connectivity index (χ0v) is 24.9. The number of hydrogen-bond acceptors (Lipinski definition) is 4. The highest BCUT2D eigenvalue weighted by Gasteiger charge is 2.18. The Bertz CT molecular complexity index is 1210. The van der Waals surface area contributed by atoms with E-state index < -0.39 is 0 Å². The SMILES string of the molecule is CC(C)(C)c1ccc(CSC(SCc2ccc(C(C)(C)C)cc2)=C(C#N)C(=O)NCc2ccccc2)cc1. The molecule has 198 valence electrons. The van der Waals surface area contributed by atoms with Crippen molar-refractivity contribution in [1.82, 2.24) is 5.32 Å². The van der Waals surface area contributed by atoms with Crippen LogP contribution in [-0.4, -0.2) is 5.91 Å². The molecule has 1 amide bonds. The van der Waals surface area contributed by atoms with Gasteiger partial charge in [0.15, 0.2) is 0 Å². The van der Waals surface area contributed by atoms with E-state index in [1.807, 2.05) is 30.3 Å². The standard InChI is InChI=1S/C33H38N2OS2/c1-32(2,3)27-16-12-25(13-17-27)22-37-31(38-23-26-14-18-28(19-15-26)33(4,5)6)29(20-34)30(36)35-21-24-10-8-7-9-11-24/h7-19H,21-23H2,1-6H3,(H,35,36). The number of amides is 1. The van der Waals surface area contributed by atoms with Gasteiger partial charge in [-0.2, -0.15) is 5.26 Å². The molecule has 0 bridgehead atoms. The summed E-state index contributed by atoms with van der Waals surface area (Å²) < 4.78 is 0.748. The fourth-order valence-electron chi connectivity index (χ4n) is 3.74. The summed E-state index contributed by atoms with van der Waals surface area (Å²) in [5, 5.41) is 12.9. The number of hydrogen-bond donors (Lipinski definition) is 1. The van der Waals surface area contributed by atoms with Crippen LogP contribution in [0.5, 0.6) is 0 Å². The molecule has 5 heteroatoms. The minimum Gasteiger partial charge on any atom is -0.347 e. The van der Waals surface area contributed by atoms with Crippen molar-refractivity contribution in [2.45, 2.75) is 70.4 Å². The first-order valence-corrected chi connectivity index (χ1v) is 14.9.